The van der Waals surface area contributed by atoms with E-state index in [4.69, 9.17) is 14.5 Å². The fraction of sp³-hybridized carbons (Fsp3) is 0.267. The summed E-state index contributed by atoms with van der Waals surface area (Å²) in [5.74, 6) is 1.20. The van der Waals surface area contributed by atoms with E-state index in [-0.39, 0.29) is 5.91 Å². The molecule has 0 aliphatic heterocycles. The Bertz CT molecular complexity index is 1250. The van der Waals surface area contributed by atoms with Gasteiger partial charge in [-0.25, -0.2) is 4.98 Å². The lowest BCUT2D eigenvalue weighted by Crippen LogP contribution is -2.38. The number of amides is 1. The van der Waals surface area contributed by atoms with Crippen LogP contribution in [0.5, 0.6) is 5.75 Å². The number of carbonyl (C=O) groups is 1. The molecule has 186 valence electrons. The van der Waals surface area contributed by atoms with Crippen LogP contribution in [0.15, 0.2) is 84.9 Å². The molecule has 4 aromatic rings. The number of aromatic nitrogens is 1. The highest BCUT2D eigenvalue weighted by molar-refractivity contribution is 5.88. The first-order valence-corrected chi connectivity index (χ1v) is 12.0. The minimum absolute atomic E-state index is 0.0315. The molecule has 1 aromatic heterocycles. The van der Waals surface area contributed by atoms with Crippen molar-refractivity contribution in [2.45, 2.75) is 12.5 Å². The van der Waals surface area contributed by atoms with E-state index < -0.39 is 5.92 Å². The Labute approximate surface area is 213 Å². The Balaban J connectivity index is 1.75. The van der Waals surface area contributed by atoms with E-state index in [0.29, 0.717) is 19.7 Å². The maximum absolute atomic E-state index is 14.2. The van der Waals surface area contributed by atoms with Crippen LogP contribution < -0.4 is 9.64 Å². The second-order valence-corrected chi connectivity index (χ2v) is 8.93. The maximum atomic E-state index is 14.2. The second-order valence-electron chi connectivity index (χ2n) is 8.93. The molecule has 0 spiro atoms. The van der Waals surface area contributed by atoms with E-state index in [1.165, 1.54) is 0 Å². The molecule has 6 heteroatoms. The van der Waals surface area contributed by atoms with E-state index in [1.807, 2.05) is 103 Å². The molecule has 0 atom stereocenters. The van der Waals surface area contributed by atoms with E-state index in [0.717, 1.165) is 39.2 Å². The lowest BCUT2D eigenvalue weighted by molar-refractivity contribution is -0.133. The average molecular weight is 484 g/mol. The molecule has 36 heavy (non-hydrogen) atoms. The molecule has 0 unspecified atom stereocenters. The first kappa shape index (κ1) is 25.2. The van der Waals surface area contributed by atoms with E-state index in [1.54, 1.807) is 14.2 Å². The summed E-state index contributed by atoms with van der Waals surface area (Å²) in [4.78, 5) is 23.0. The third-order valence-electron chi connectivity index (χ3n) is 6.26. The molecule has 0 saturated heterocycles. The highest BCUT2D eigenvalue weighted by atomic mass is 16.5. The van der Waals surface area contributed by atoms with E-state index >= 15 is 0 Å². The smallest absolute Gasteiger partial charge is 0.234 e. The van der Waals surface area contributed by atoms with Gasteiger partial charge in [-0.1, -0.05) is 60.7 Å². The molecule has 0 N–H and O–H groups in total. The molecule has 0 bridgehead atoms. The first-order chi connectivity index (χ1) is 17.5. The molecule has 0 saturated carbocycles. The van der Waals surface area contributed by atoms with Crippen molar-refractivity contribution in [3.63, 3.8) is 0 Å². The molecule has 6 nitrogen and oxygen atoms in total. The Morgan fingerprint density at radius 2 is 1.53 bits per heavy atom. The normalized spacial score (nSPS) is 11.0. The zero-order valence-corrected chi connectivity index (χ0v) is 21.3. The number of methoxy groups -OCH3 is 2. The van der Waals surface area contributed by atoms with E-state index in [2.05, 4.69) is 6.07 Å². The number of ether oxygens (including phenoxy) is 2. The molecule has 0 aliphatic carbocycles. The summed E-state index contributed by atoms with van der Waals surface area (Å²) in [5.41, 5.74) is 3.75. The number of nitrogens with zero attached hydrogens (tertiary/aromatic N) is 3. The van der Waals surface area contributed by atoms with Gasteiger partial charge in [0.15, 0.2) is 0 Å². The molecule has 0 radical (unpaired) electrons. The van der Waals surface area contributed by atoms with Crippen LogP contribution in [0.4, 0.5) is 5.82 Å². The van der Waals surface area contributed by atoms with Gasteiger partial charge in [-0.05, 0) is 29.3 Å². The summed E-state index contributed by atoms with van der Waals surface area (Å²) in [7, 11) is 7.24. The highest BCUT2D eigenvalue weighted by Crippen LogP contribution is 2.30. The topological polar surface area (TPSA) is 54.9 Å². The number of carbonyl (C=O) groups excluding carboxylic acids is 1. The van der Waals surface area contributed by atoms with Crippen molar-refractivity contribution < 1.29 is 14.3 Å². The van der Waals surface area contributed by atoms with Crippen molar-refractivity contribution in [2.75, 3.05) is 46.4 Å². The van der Waals surface area contributed by atoms with Gasteiger partial charge in [-0.2, -0.15) is 0 Å². The summed E-state index contributed by atoms with van der Waals surface area (Å²) in [6, 6.07) is 27.9. The summed E-state index contributed by atoms with van der Waals surface area (Å²) in [6.45, 7) is 1.33. The summed E-state index contributed by atoms with van der Waals surface area (Å²) >= 11 is 0. The molecule has 0 fully saturated rings. The van der Waals surface area contributed by atoms with Crippen LogP contribution in [0.3, 0.4) is 0 Å². The number of hydrogen-bond donors (Lipinski definition) is 0. The number of fused-ring (bicyclic) bond motifs is 1. The van der Waals surface area contributed by atoms with Gasteiger partial charge in [0.2, 0.25) is 5.91 Å². The van der Waals surface area contributed by atoms with Crippen molar-refractivity contribution >= 4 is 22.6 Å². The maximum Gasteiger partial charge on any atom is 0.234 e. The summed E-state index contributed by atoms with van der Waals surface area (Å²) < 4.78 is 10.8. The van der Waals surface area contributed by atoms with Crippen molar-refractivity contribution in [3.8, 4) is 5.75 Å². The van der Waals surface area contributed by atoms with Crippen LogP contribution in [0.2, 0.25) is 0 Å². The Morgan fingerprint density at radius 3 is 2.08 bits per heavy atom. The standard InChI is InChI=1S/C30H33N3O3/c1-32(2)29-25(19-24-15-16-26(36-4)20-27(24)31-29)21-33(17-18-35-3)30(34)28(22-11-7-5-8-12-22)23-13-9-6-10-14-23/h5-16,19-20,28H,17-18,21H2,1-4H3. The molecule has 1 amide bonds. The van der Waals surface area contributed by atoms with Gasteiger partial charge in [0.1, 0.15) is 11.6 Å². The van der Waals surface area contributed by atoms with Crippen molar-refractivity contribution in [2.24, 2.45) is 0 Å². The number of rotatable bonds is 10. The second kappa shape index (κ2) is 11.7. The SMILES string of the molecule is COCCN(Cc1cc2ccc(OC)cc2nc1N(C)C)C(=O)C(c1ccccc1)c1ccccc1. The first-order valence-electron chi connectivity index (χ1n) is 12.0. The molecule has 4 rings (SSSR count). The fourth-order valence-electron chi connectivity index (χ4n) is 4.44. The predicted octanol–water partition coefficient (Wildman–Crippen LogP) is 5.12. The molecular weight excluding hydrogens is 450 g/mol. The summed E-state index contributed by atoms with van der Waals surface area (Å²) in [6.07, 6.45) is 0. The zero-order valence-electron chi connectivity index (χ0n) is 21.3. The van der Waals surface area contributed by atoms with Crippen LogP contribution in [-0.4, -0.2) is 57.3 Å². The van der Waals surface area contributed by atoms with Gasteiger partial charge >= 0.3 is 0 Å². The number of anilines is 1. The molecule has 0 aliphatic rings. The number of hydrogen-bond acceptors (Lipinski definition) is 5. The van der Waals surface area contributed by atoms with Crippen LogP contribution in [0, 0.1) is 0 Å². The van der Waals surface area contributed by atoms with Gasteiger partial charge in [0.05, 0.1) is 25.2 Å². The quantitative estimate of drug-likeness (QED) is 0.314. The monoisotopic (exact) mass is 483 g/mol. The average Bonchev–Trinajstić information content (AvgIpc) is 2.91. The van der Waals surface area contributed by atoms with Gasteiger partial charge in [0.25, 0.3) is 0 Å². The molecule has 3 aromatic carbocycles. The third kappa shape index (κ3) is 5.66. The summed E-state index contributed by atoms with van der Waals surface area (Å²) in [5, 5.41) is 0.998. The van der Waals surface area contributed by atoms with Crippen LogP contribution in [-0.2, 0) is 16.1 Å². The van der Waals surface area contributed by atoms with Crippen LogP contribution in [0.1, 0.15) is 22.6 Å². The third-order valence-corrected chi connectivity index (χ3v) is 6.26. The highest BCUT2D eigenvalue weighted by Gasteiger charge is 2.28. The minimum atomic E-state index is -0.412. The Hall–Kier alpha value is -3.90. The Morgan fingerprint density at radius 1 is 0.889 bits per heavy atom. The van der Waals surface area contributed by atoms with Crippen molar-refractivity contribution in [3.05, 3.63) is 102 Å². The zero-order chi connectivity index (χ0) is 25.5. The van der Waals surface area contributed by atoms with Gasteiger partial charge in [-0.15, -0.1) is 0 Å². The van der Waals surface area contributed by atoms with E-state index in [9.17, 15) is 4.79 Å². The lowest BCUT2D eigenvalue weighted by atomic mass is 9.90. The van der Waals surface area contributed by atoms with Gasteiger partial charge in [0, 0.05) is 51.3 Å². The Kier molecular flexibility index (Phi) is 8.18. The minimum Gasteiger partial charge on any atom is -0.497 e. The van der Waals surface area contributed by atoms with Crippen molar-refractivity contribution in [1.82, 2.24) is 9.88 Å². The van der Waals surface area contributed by atoms with Crippen LogP contribution >= 0.6 is 0 Å². The molecular formula is C30H33N3O3. The van der Waals surface area contributed by atoms with Gasteiger partial charge < -0.3 is 19.3 Å². The largest absolute Gasteiger partial charge is 0.497 e. The predicted molar refractivity (Wildman–Crippen MR) is 145 cm³/mol. The van der Waals surface area contributed by atoms with Crippen molar-refractivity contribution in [1.29, 1.82) is 0 Å². The van der Waals surface area contributed by atoms with Crippen LogP contribution in [0.25, 0.3) is 10.9 Å². The number of benzene rings is 3. The lowest BCUT2D eigenvalue weighted by Gasteiger charge is -2.29. The molecule has 1 heterocycles. The number of pyridine rings is 1. The fourth-order valence-corrected chi connectivity index (χ4v) is 4.44. The van der Waals surface area contributed by atoms with Gasteiger partial charge in [-0.3, -0.25) is 4.79 Å².